The van der Waals surface area contributed by atoms with Crippen molar-refractivity contribution in [3.05, 3.63) is 33.7 Å². The van der Waals surface area contributed by atoms with Gasteiger partial charge in [0.05, 0.1) is 22.2 Å². The van der Waals surface area contributed by atoms with Gasteiger partial charge in [0.2, 0.25) is 0 Å². The topological polar surface area (TPSA) is 48.4 Å². The molecule has 0 unspecified atom stereocenters. The maximum atomic E-state index is 10.5. The zero-order valence-electron chi connectivity index (χ0n) is 9.55. The Balaban J connectivity index is 2.16. The summed E-state index contributed by atoms with van der Waals surface area (Å²) in [6.45, 7) is 2.54. The number of benzene rings is 1. The number of hydrogen-bond donors (Lipinski definition) is 0. The predicted octanol–water partition coefficient (Wildman–Crippen LogP) is 3.91. The third kappa shape index (κ3) is 3.08. The number of aldehydes is 1. The van der Waals surface area contributed by atoms with Crippen LogP contribution in [0.25, 0.3) is 0 Å². The number of thiazole rings is 1. The molecule has 0 radical (unpaired) electrons. The summed E-state index contributed by atoms with van der Waals surface area (Å²) in [7, 11) is 0. The van der Waals surface area contributed by atoms with E-state index in [0.29, 0.717) is 22.4 Å². The fraction of sp³-hybridized carbons (Fsp3) is 0.167. The lowest BCUT2D eigenvalue weighted by Crippen LogP contribution is -1.92. The molecule has 0 saturated heterocycles. The quantitative estimate of drug-likeness (QED) is 0.781. The summed E-state index contributed by atoms with van der Waals surface area (Å²) < 4.78 is 11.7. The molecule has 94 valence electrons. The van der Waals surface area contributed by atoms with Gasteiger partial charge in [-0.25, -0.2) is 4.98 Å². The summed E-state index contributed by atoms with van der Waals surface area (Å²) in [6.07, 6.45) is 2.23. The number of ether oxygens (including phenoxy) is 2. The monoisotopic (exact) mass is 327 g/mol. The lowest BCUT2D eigenvalue weighted by atomic mass is 10.3. The SMILES string of the molecule is CCOc1ccc(Oc2ncc(C=O)s2)c(Br)c1. The Morgan fingerprint density at radius 3 is 2.94 bits per heavy atom. The van der Waals surface area contributed by atoms with Gasteiger partial charge in [0.25, 0.3) is 5.19 Å². The maximum absolute atomic E-state index is 10.5. The van der Waals surface area contributed by atoms with Crippen LogP contribution in [0.2, 0.25) is 0 Å². The smallest absolute Gasteiger partial charge is 0.279 e. The third-order valence-corrected chi connectivity index (χ3v) is 3.45. The molecular weight excluding hydrogens is 318 g/mol. The van der Waals surface area contributed by atoms with Crippen molar-refractivity contribution in [3.8, 4) is 16.7 Å². The minimum Gasteiger partial charge on any atom is -0.494 e. The Morgan fingerprint density at radius 1 is 1.50 bits per heavy atom. The molecule has 0 atom stereocenters. The van der Waals surface area contributed by atoms with Crippen molar-refractivity contribution in [1.82, 2.24) is 4.98 Å². The van der Waals surface area contributed by atoms with Gasteiger partial charge in [-0.3, -0.25) is 4.79 Å². The van der Waals surface area contributed by atoms with Crippen molar-refractivity contribution in [1.29, 1.82) is 0 Å². The fourth-order valence-corrected chi connectivity index (χ4v) is 2.32. The van der Waals surface area contributed by atoms with Gasteiger partial charge in [-0.1, -0.05) is 11.3 Å². The molecule has 0 saturated carbocycles. The minimum atomic E-state index is 0.432. The van der Waals surface area contributed by atoms with Crippen molar-refractivity contribution in [2.45, 2.75) is 6.92 Å². The van der Waals surface area contributed by atoms with Crippen LogP contribution in [0, 0.1) is 0 Å². The first kappa shape index (κ1) is 13.0. The molecule has 1 heterocycles. The normalized spacial score (nSPS) is 10.1. The molecule has 0 spiro atoms. The molecular formula is C12H10BrNO3S. The Kier molecular flexibility index (Phi) is 4.33. The Bertz CT molecular complexity index is 556. The summed E-state index contributed by atoms with van der Waals surface area (Å²) in [5, 5.41) is 0.432. The molecule has 0 fully saturated rings. The summed E-state index contributed by atoms with van der Waals surface area (Å²) in [5.74, 6) is 1.40. The molecule has 0 N–H and O–H groups in total. The van der Waals surface area contributed by atoms with Gasteiger partial charge in [-0.15, -0.1) is 0 Å². The van der Waals surface area contributed by atoms with E-state index in [0.717, 1.165) is 16.5 Å². The van der Waals surface area contributed by atoms with Crippen molar-refractivity contribution in [2.24, 2.45) is 0 Å². The molecule has 4 nitrogen and oxygen atoms in total. The number of nitrogens with zero attached hydrogens (tertiary/aromatic N) is 1. The highest BCUT2D eigenvalue weighted by Crippen LogP contribution is 2.34. The molecule has 2 rings (SSSR count). The van der Waals surface area contributed by atoms with Crippen LogP contribution in [0.5, 0.6) is 16.7 Å². The summed E-state index contributed by atoms with van der Waals surface area (Å²) in [5.41, 5.74) is 0. The first-order valence-corrected chi connectivity index (χ1v) is 6.85. The van der Waals surface area contributed by atoms with Crippen LogP contribution in [0.4, 0.5) is 0 Å². The van der Waals surface area contributed by atoms with Gasteiger partial charge < -0.3 is 9.47 Å². The minimum absolute atomic E-state index is 0.432. The first-order valence-electron chi connectivity index (χ1n) is 5.24. The highest BCUT2D eigenvalue weighted by molar-refractivity contribution is 9.10. The second-order valence-electron chi connectivity index (χ2n) is 3.27. The number of halogens is 1. The summed E-state index contributed by atoms with van der Waals surface area (Å²) in [4.78, 5) is 15.1. The van der Waals surface area contributed by atoms with E-state index in [9.17, 15) is 4.79 Å². The summed E-state index contributed by atoms with van der Waals surface area (Å²) >= 11 is 4.60. The third-order valence-electron chi connectivity index (χ3n) is 2.03. The molecule has 0 aliphatic heterocycles. The van der Waals surface area contributed by atoms with Crippen LogP contribution in [-0.4, -0.2) is 17.9 Å². The number of hydrogen-bond acceptors (Lipinski definition) is 5. The Labute approximate surface area is 117 Å². The number of carbonyl (C=O) groups excluding carboxylic acids is 1. The van der Waals surface area contributed by atoms with Gasteiger partial charge in [0.1, 0.15) is 11.5 Å². The van der Waals surface area contributed by atoms with Gasteiger partial charge in [-0.05, 0) is 41.1 Å². The molecule has 1 aromatic carbocycles. The van der Waals surface area contributed by atoms with Crippen LogP contribution >= 0.6 is 27.3 Å². The van der Waals surface area contributed by atoms with Crippen LogP contribution < -0.4 is 9.47 Å². The van der Waals surface area contributed by atoms with E-state index in [2.05, 4.69) is 20.9 Å². The molecule has 6 heteroatoms. The molecule has 0 bridgehead atoms. The molecule has 0 aliphatic carbocycles. The van der Waals surface area contributed by atoms with E-state index >= 15 is 0 Å². The average Bonchev–Trinajstić information content (AvgIpc) is 2.81. The lowest BCUT2D eigenvalue weighted by Gasteiger charge is -2.07. The van der Waals surface area contributed by atoms with Gasteiger partial charge in [0, 0.05) is 0 Å². The van der Waals surface area contributed by atoms with Crippen LogP contribution in [0.15, 0.2) is 28.9 Å². The Morgan fingerprint density at radius 2 is 2.33 bits per heavy atom. The van der Waals surface area contributed by atoms with E-state index in [1.807, 2.05) is 19.1 Å². The van der Waals surface area contributed by atoms with Crippen molar-refractivity contribution in [3.63, 3.8) is 0 Å². The highest BCUT2D eigenvalue weighted by Gasteiger charge is 2.08. The van der Waals surface area contributed by atoms with Crippen molar-refractivity contribution in [2.75, 3.05) is 6.61 Å². The first-order chi connectivity index (χ1) is 8.72. The van der Waals surface area contributed by atoms with E-state index in [4.69, 9.17) is 9.47 Å². The zero-order chi connectivity index (χ0) is 13.0. The number of carbonyl (C=O) groups is 1. The maximum Gasteiger partial charge on any atom is 0.279 e. The van der Waals surface area contributed by atoms with E-state index in [-0.39, 0.29) is 0 Å². The van der Waals surface area contributed by atoms with Gasteiger partial charge in [0.15, 0.2) is 6.29 Å². The zero-order valence-corrected chi connectivity index (χ0v) is 12.0. The number of aromatic nitrogens is 1. The summed E-state index contributed by atoms with van der Waals surface area (Å²) in [6, 6.07) is 5.43. The van der Waals surface area contributed by atoms with Crippen LogP contribution in [0.1, 0.15) is 16.6 Å². The molecule has 2 aromatic rings. The molecule has 1 aromatic heterocycles. The lowest BCUT2D eigenvalue weighted by molar-refractivity contribution is 0.112. The van der Waals surface area contributed by atoms with Crippen LogP contribution in [0.3, 0.4) is 0 Å². The molecule has 18 heavy (non-hydrogen) atoms. The average molecular weight is 328 g/mol. The Hall–Kier alpha value is -1.40. The second-order valence-corrected chi connectivity index (χ2v) is 5.15. The predicted molar refractivity (Wildman–Crippen MR) is 72.9 cm³/mol. The van der Waals surface area contributed by atoms with Crippen molar-refractivity contribution < 1.29 is 14.3 Å². The van der Waals surface area contributed by atoms with Gasteiger partial charge in [-0.2, -0.15) is 0 Å². The standard InChI is InChI=1S/C12H10BrNO3S/c1-2-16-8-3-4-11(10(13)5-8)17-12-14-6-9(7-15)18-12/h3-7H,2H2,1H3. The molecule has 0 aliphatic rings. The van der Waals surface area contributed by atoms with Gasteiger partial charge >= 0.3 is 0 Å². The molecule has 0 amide bonds. The highest BCUT2D eigenvalue weighted by atomic mass is 79.9. The van der Waals surface area contributed by atoms with E-state index < -0.39 is 0 Å². The van der Waals surface area contributed by atoms with E-state index in [1.54, 1.807) is 6.07 Å². The number of rotatable bonds is 5. The van der Waals surface area contributed by atoms with Crippen LogP contribution in [-0.2, 0) is 0 Å². The second kappa shape index (κ2) is 5.97. The largest absolute Gasteiger partial charge is 0.494 e. The fourth-order valence-electron chi connectivity index (χ4n) is 1.29. The van der Waals surface area contributed by atoms with Crippen molar-refractivity contribution >= 4 is 33.6 Å². The van der Waals surface area contributed by atoms with E-state index in [1.165, 1.54) is 17.5 Å².